The number of aromatic amines is 1. The Hall–Kier alpha value is -1.48. The lowest BCUT2D eigenvalue weighted by Gasteiger charge is -1.98. The molecule has 2 aromatic rings. The molecule has 1 aromatic carbocycles. The summed E-state index contributed by atoms with van der Waals surface area (Å²) in [6.07, 6.45) is 1.68. The predicted molar refractivity (Wildman–Crippen MR) is 61.5 cm³/mol. The fraction of sp³-hybridized carbons (Fsp3) is 0.182. The van der Waals surface area contributed by atoms with E-state index in [1.807, 2.05) is 24.3 Å². The monoisotopic (exact) mass is 225 g/mol. The topological polar surface area (TPSA) is 42.1 Å². The number of rotatable bonds is 2. The van der Waals surface area contributed by atoms with Crippen LogP contribution >= 0.6 is 12.4 Å². The second-order valence-electron chi connectivity index (χ2n) is 2.97. The summed E-state index contributed by atoms with van der Waals surface area (Å²) in [7, 11) is 0. The molecule has 3 nitrogen and oxygen atoms in total. The van der Waals surface area contributed by atoms with Crippen LogP contribution in [0.1, 0.15) is 17.3 Å². The van der Waals surface area contributed by atoms with Gasteiger partial charge in [0.1, 0.15) is 0 Å². The first kappa shape index (κ1) is 11.6. The van der Waals surface area contributed by atoms with E-state index in [-0.39, 0.29) is 18.4 Å². The molecule has 2 rings (SSSR count). The standard InChI is InChI=1S/C11H11NO2.ClH/c1-2-14-11(13)9-7-12-10-6-4-3-5-8(9)10;/h3-7,12H,2H2,1H3;1H. The van der Waals surface area contributed by atoms with Gasteiger partial charge in [-0.25, -0.2) is 4.79 Å². The highest BCUT2D eigenvalue weighted by Crippen LogP contribution is 2.18. The molecule has 0 saturated carbocycles. The highest BCUT2D eigenvalue weighted by atomic mass is 35.5. The van der Waals surface area contributed by atoms with Crippen LogP contribution in [0.15, 0.2) is 30.5 Å². The van der Waals surface area contributed by atoms with Crippen LogP contribution in [-0.4, -0.2) is 17.6 Å². The first-order valence-corrected chi connectivity index (χ1v) is 4.56. The van der Waals surface area contributed by atoms with Crippen LogP contribution in [0.2, 0.25) is 0 Å². The molecule has 4 heteroatoms. The summed E-state index contributed by atoms with van der Waals surface area (Å²) in [6.45, 7) is 2.20. The van der Waals surface area contributed by atoms with E-state index < -0.39 is 0 Å². The number of hydrogen-bond donors (Lipinski definition) is 1. The van der Waals surface area contributed by atoms with E-state index >= 15 is 0 Å². The van der Waals surface area contributed by atoms with Gasteiger partial charge in [-0.05, 0) is 13.0 Å². The Morgan fingerprint density at radius 1 is 1.40 bits per heavy atom. The van der Waals surface area contributed by atoms with Crippen LogP contribution in [0.5, 0.6) is 0 Å². The molecular weight excluding hydrogens is 214 g/mol. The van der Waals surface area contributed by atoms with Crippen molar-refractivity contribution in [3.05, 3.63) is 36.0 Å². The summed E-state index contributed by atoms with van der Waals surface area (Å²) in [6, 6.07) is 7.66. The molecule has 0 saturated heterocycles. The number of benzene rings is 1. The van der Waals surface area contributed by atoms with Gasteiger partial charge in [0.05, 0.1) is 12.2 Å². The lowest BCUT2D eigenvalue weighted by molar-refractivity contribution is 0.0529. The van der Waals surface area contributed by atoms with Gasteiger partial charge in [-0.3, -0.25) is 0 Å². The third-order valence-electron chi connectivity index (χ3n) is 2.08. The van der Waals surface area contributed by atoms with Crippen molar-refractivity contribution in [2.45, 2.75) is 6.92 Å². The van der Waals surface area contributed by atoms with Gasteiger partial charge in [0.15, 0.2) is 0 Å². The molecule has 15 heavy (non-hydrogen) atoms. The van der Waals surface area contributed by atoms with Crippen molar-refractivity contribution < 1.29 is 9.53 Å². The molecule has 80 valence electrons. The van der Waals surface area contributed by atoms with Crippen molar-refractivity contribution >= 4 is 29.3 Å². The molecule has 0 fully saturated rings. The molecule has 1 aromatic heterocycles. The van der Waals surface area contributed by atoms with Crippen molar-refractivity contribution in [1.82, 2.24) is 4.98 Å². The molecule has 0 aliphatic rings. The first-order chi connectivity index (χ1) is 6.83. The van der Waals surface area contributed by atoms with Crippen LogP contribution in [-0.2, 0) is 4.74 Å². The first-order valence-electron chi connectivity index (χ1n) is 4.56. The zero-order chi connectivity index (χ0) is 9.97. The Bertz CT molecular complexity index is 464. The minimum Gasteiger partial charge on any atom is -0.462 e. The van der Waals surface area contributed by atoms with Crippen molar-refractivity contribution in [3.63, 3.8) is 0 Å². The van der Waals surface area contributed by atoms with E-state index in [4.69, 9.17) is 4.74 Å². The van der Waals surface area contributed by atoms with Crippen LogP contribution in [0, 0.1) is 0 Å². The Morgan fingerprint density at radius 2 is 2.13 bits per heavy atom. The van der Waals surface area contributed by atoms with E-state index in [2.05, 4.69) is 4.98 Å². The summed E-state index contributed by atoms with van der Waals surface area (Å²) < 4.78 is 4.94. The molecule has 0 bridgehead atoms. The molecule has 0 atom stereocenters. The number of fused-ring (bicyclic) bond motifs is 1. The van der Waals surface area contributed by atoms with Crippen molar-refractivity contribution in [2.75, 3.05) is 6.61 Å². The van der Waals surface area contributed by atoms with Crippen molar-refractivity contribution in [3.8, 4) is 0 Å². The Morgan fingerprint density at radius 3 is 2.87 bits per heavy atom. The third kappa shape index (κ3) is 2.13. The maximum atomic E-state index is 11.5. The number of hydrogen-bond acceptors (Lipinski definition) is 2. The number of para-hydroxylation sites is 1. The normalized spacial score (nSPS) is 9.67. The summed E-state index contributed by atoms with van der Waals surface area (Å²) in [5.41, 5.74) is 1.55. The predicted octanol–water partition coefficient (Wildman–Crippen LogP) is 2.77. The van der Waals surface area contributed by atoms with Gasteiger partial charge in [-0.2, -0.15) is 0 Å². The molecule has 0 unspecified atom stereocenters. The minimum atomic E-state index is -0.273. The van der Waals surface area contributed by atoms with Gasteiger partial charge in [0.2, 0.25) is 0 Å². The number of esters is 1. The highest BCUT2D eigenvalue weighted by molar-refractivity contribution is 6.03. The van der Waals surface area contributed by atoms with E-state index in [1.54, 1.807) is 13.1 Å². The number of aromatic nitrogens is 1. The van der Waals surface area contributed by atoms with Gasteiger partial charge in [-0.15, -0.1) is 12.4 Å². The van der Waals surface area contributed by atoms with Gasteiger partial charge < -0.3 is 9.72 Å². The Labute approximate surface area is 93.8 Å². The summed E-state index contributed by atoms with van der Waals surface area (Å²) in [4.78, 5) is 14.5. The highest BCUT2D eigenvalue weighted by Gasteiger charge is 2.11. The average Bonchev–Trinajstić information content (AvgIpc) is 2.61. The Balaban J connectivity index is 0.00000112. The Kier molecular flexibility index (Phi) is 3.74. The van der Waals surface area contributed by atoms with E-state index in [1.165, 1.54) is 0 Å². The number of carbonyl (C=O) groups is 1. The number of nitrogens with one attached hydrogen (secondary N) is 1. The van der Waals surface area contributed by atoms with Crippen LogP contribution in [0.3, 0.4) is 0 Å². The summed E-state index contributed by atoms with van der Waals surface area (Å²) in [5.74, 6) is -0.273. The molecule has 0 spiro atoms. The average molecular weight is 226 g/mol. The molecule has 0 radical (unpaired) electrons. The van der Waals surface area contributed by atoms with Crippen LogP contribution < -0.4 is 0 Å². The number of ether oxygens (including phenoxy) is 1. The minimum absolute atomic E-state index is 0. The molecule has 1 N–H and O–H groups in total. The lowest BCUT2D eigenvalue weighted by Crippen LogP contribution is -2.03. The van der Waals surface area contributed by atoms with Gasteiger partial charge in [-0.1, -0.05) is 18.2 Å². The largest absolute Gasteiger partial charge is 0.462 e. The van der Waals surface area contributed by atoms with Crippen molar-refractivity contribution in [1.29, 1.82) is 0 Å². The summed E-state index contributed by atoms with van der Waals surface area (Å²) >= 11 is 0. The molecule has 0 aliphatic carbocycles. The zero-order valence-electron chi connectivity index (χ0n) is 8.32. The number of halogens is 1. The molecule has 0 aliphatic heterocycles. The third-order valence-corrected chi connectivity index (χ3v) is 2.08. The zero-order valence-corrected chi connectivity index (χ0v) is 9.14. The van der Waals surface area contributed by atoms with Gasteiger partial charge >= 0.3 is 5.97 Å². The quantitative estimate of drug-likeness (QED) is 0.799. The number of carbonyl (C=O) groups excluding carboxylic acids is 1. The maximum absolute atomic E-state index is 11.5. The molecule has 0 amide bonds. The lowest BCUT2D eigenvalue weighted by atomic mass is 10.2. The fourth-order valence-electron chi connectivity index (χ4n) is 1.45. The SMILES string of the molecule is CCOC(=O)c1c[nH]c2ccccc12.Cl. The van der Waals surface area contributed by atoms with Crippen LogP contribution in [0.25, 0.3) is 10.9 Å². The fourth-order valence-corrected chi connectivity index (χ4v) is 1.45. The maximum Gasteiger partial charge on any atom is 0.340 e. The van der Waals surface area contributed by atoms with E-state index in [9.17, 15) is 4.79 Å². The van der Waals surface area contributed by atoms with Crippen LogP contribution in [0.4, 0.5) is 0 Å². The second-order valence-corrected chi connectivity index (χ2v) is 2.97. The van der Waals surface area contributed by atoms with E-state index in [0.717, 1.165) is 10.9 Å². The smallest absolute Gasteiger partial charge is 0.340 e. The van der Waals surface area contributed by atoms with Crippen molar-refractivity contribution in [2.24, 2.45) is 0 Å². The number of H-pyrrole nitrogens is 1. The molecule has 1 heterocycles. The van der Waals surface area contributed by atoms with E-state index in [0.29, 0.717) is 12.2 Å². The van der Waals surface area contributed by atoms with Gasteiger partial charge in [0, 0.05) is 17.1 Å². The second kappa shape index (κ2) is 4.84. The summed E-state index contributed by atoms with van der Waals surface area (Å²) in [5, 5.41) is 0.908. The molecular formula is C11H12ClNO2. The van der Waals surface area contributed by atoms with Gasteiger partial charge in [0.25, 0.3) is 0 Å².